The van der Waals surface area contributed by atoms with Gasteiger partial charge in [0.2, 0.25) is 102 Å². The third-order valence-electron chi connectivity index (χ3n) is 30.4. The zero-order valence-electron chi connectivity index (χ0n) is 39.7. The van der Waals surface area contributed by atoms with Crippen LogP contribution in [0.2, 0.25) is 0 Å². The van der Waals surface area contributed by atoms with Crippen molar-refractivity contribution in [2.75, 3.05) is 20.1 Å². The Kier molecular flexibility index (Phi) is 3.19. The largest absolute Gasteiger partial charge is 0.304 e. The fourth-order valence-corrected chi connectivity index (χ4v) is 30.5. The first-order valence-corrected chi connectivity index (χ1v) is 27.7. The van der Waals surface area contributed by atoms with Crippen molar-refractivity contribution in [3.63, 3.8) is 0 Å². The Balaban J connectivity index is 1.13. The summed E-state index contributed by atoms with van der Waals surface area (Å²) in [5.74, 6) is 0. The van der Waals surface area contributed by atoms with Crippen molar-refractivity contribution in [2.45, 2.75) is 113 Å². The number of likely N-dealkylation sites (N-methyl/N-ethyl adjacent to an activating group) is 1. The van der Waals surface area contributed by atoms with Crippen LogP contribution in [0.3, 0.4) is 0 Å². The summed E-state index contributed by atoms with van der Waals surface area (Å²) in [6.45, 7) is -1.04. The second-order valence-corrected chi connectivity index (χ2v) is 29.8. The van der Waals surface area contributed by atoms with Gasteiger partial charge in [0.05, 0.1) is 5.41 Å². The van der Waals surface area contributed by atoms with Crippen LogP contribution < -0.4 is 0 Å². The fraction of sp³-hybridized carbons (Fsp3) is 0.365. The minimum atomic E-state index is -6.10. The molecule has 390 valence electrons. The Morgan fingerprint density at radius 3 is 0.976 bits per heavy atom. The number of hydrogen-bond donors (Lipinski definition) is 0. The van der Waals surface area contributed by atoms with E-state index in [1.807, 2.05) is 0 Å². The SMILES string of the molecule is CN1C[C@]23c4c5c6c7c8c4c4c2c2c9c%10c%11c%12c%13c%14c%15c%16c%17c%18c%19c%20c%21c(c8c8c%20c%17c(c2c%16c%139)c48)C7(F)C2(F)C4(F)c7c8c9c%13c%16c7C2(F)C%21(F)C%19(F)C%16(F)C(F)(C%15%18F)C%13(F)C%14(F)C%12(F)C9(F)C2(F)C%11(F)C(=C5C(F)(C64F)C82F)[C@]%103C1. The molecular formula is C63H7F18N. The molecular weight excluding hydrogens is 1110 g/mol. The van der Waals surface area contributed by atoms with Crippen LogP contribution in [0.5, 0.6) is 0 Å². The first-order valence-electron chi connectivity index (χ1n) is 27.7. The van der Waals surface area contributed by atoms with E-state index < -0.39 is 270 Å². The highest BCUT2D eigenvalue weighted by atomic mass is 19.2. The third-order valence-corrected chi connectivity index (χ3v) is 30.4. The van der Waals surface area contributed by atoms with E-state index in [4.69, 9.17) is 0 Å². The van der Waals surface area contributed by atoms with E-state index in [0.29, 0.717) is 0 Å². The van der Waals surface area contributed by atoms with E-state index in [1.54, 1.807) is 4.90 Å². The van der Waals surface area contributed by atoms with Gasteiger partial charge in [0.15, 0.2) is 0 Å². The molecule has 0 aromatic heterocycles. The van der Waals surface area contributed by atoms with Gasteiger partial charge < -0.3 is 4.90 Å². The average Bonchev–Trinajstić information content (AvgIpc) is 1.34. The number of benzene rings is 9. The van der Waals surface area contributed by atoms with Crippen molar-refractivity contribution in [3.8, 4) is 0 Å². The molecule has 19 heteroatoms. The number of alkyl halides is 18. The Hall–Kier alpha value is -6.50. The second kappa shape index (κ2) is 7.08. The van der Waals surface area contributed by atoms with Gasteiger partial charge in [0.25, 0.3) is 0 Å². The molecule has 11 aromatic carbocycles. The molecule has 1 saturated heterocycles. The quantitative estimate of drug-likeness (QED) is 0.108. The monoisotopic (exact) mass is 1120 g/mol. The summed E-state index contributed by atoms with van der Waals surface area (Å²) in [5, 5.41) is -6.29. The Bertz CT molecular complexity index is 6370. The summed E-state index contributed by atoms with van der Waals surface area (Å²) in [6.07, 6.45) is 0. The van der Waals surface area contributed by atoms with Crippen LogP contribution >= 0.6 is 0 Å². The molecule has 1 aliphatic heterocycles. The van der Waals surface area contributed by atoms with Crippen molar-refractivity contribution in [1.82, 2.24) is 4.90 Å². The molecule has 18 unspecified atom stereocenters. The minimum Gasteiger partial charge on any atom is -0.304 e. The van der Waals surface area contributed by atoms with Crippen molar-refractivity contribution in [2.24, 2.45) is 0 Å². The number of hydrogen-bond acceptors (Lipinski definition) is 1. The van der Waals surface area contributed by atoms with Gasteiger partial charge in [-0.2, -0.15) is 0 Å². The molecule has 20 atom stereocenters. The molecule has 0 bridgehead atoms. The lowest BCUT2D eigenvalue weighted by molar-refractivity contribution is -0.378. The van der Waals surface area contributed by atoms with Gasteiger partial charge in [-0.3, -0.25) is 0 Å². The molecule has 0 saturated carbocycles. The average molecular weight is 1120 g/mol. The molecule has 0 radical (unpaired) electrons. The number of nitrogens with zero attached hydrogens (tertiary/aromatic N) is 1. The molecule has 2 spiro atoms. The number of allylic oxidation sites excluding steroid dienone is 1. The first-order chi connectivity index (χ1) is 38.5. The molecule has 0 N–H and O–H groups in total. The Morgan fingerprint density at radius 1 is 0.232 bits per heavy atom. The molecule has 22 aliphatic rings. The van der Waals surface area contributed by atoms with Crippen LogP contribution in [0.4, 0.5) is 79.0 Å². The van der Waals surface area contributed by atoms with E-state index in [0.717, 1.165) is 0 Å². The van der Waals surface area contributed by atoms with Gasteiger partial charge in [-0.1, -0.05) is 0 Å². The summed E-state index contributed by atoms with van der Waals surface area (Å²) in [6, 6.07) is 0. The maximum Gasteiger partial charge on any atom is 0.236 e. The first kappa shape index (κ1) is 36.9. The van der Waals surface area contributed by atoms with Gasteiger partial charge >= 0.3 is 0 Å². The van der Waals surface area contributed by atoms with Crippen LogP contribution in [0.15, 0.2) is 5.57 Å². The fourth-order valence-electron chi connectivity index (χ4n) is 30.5. The summed E-state index contributed by atoms with van der Waals surface area (Å²) >= 11 is 0. The zero-order valence-corrected chi connectivity index (χ0v) is 39.7. The lowest BCUT2D eigenvalue weighted by atomic mass is 9.39. The minimum absolute atomic E-state index is 0.0112. The van der Waals surface area contributed by atoms with Crippen molar-refractivity contribution in [3.05, 3.63) is 117 Å². The van der Waals surface area contributed by atoms with Gasteiger partial charge in [-0.25, -0.2) is 79.0 Å². The summed E-state index contributed by atoms with van der Waals surface area (Å²) in [5.41, 5.74) is -145. The number of halogens is 18. The maximum atomic E-state index is 22.1. The van der Waals surface area contributed by atoms with Crippen molar-refractivity contribution >= 4 is 103 Å². The maximum absolute atomic E-state index is 22.1. The standard InChI is InChI=1S/C63H7F18N/c1-82-2-44-23-12-6-4-5-8-10-7(4)15-16-9(6)11-14(12)25-36-33-21(11)32-27(16)46(64)26(15)30-20(10)31-28-17(8)19-18(13(5)23)24(44)22-34-29(19)47(28,65)62(80)56(74)38-37-39-41-42-40(38)58(62,76)53(34,71)54(72)35(22)43(45(25,44)3-82)48(36,66)63(81,60(42,54)78)59(41,77)52(33,70)51(32,69)57(39,75)61(46,79)55(37,73)49(30,67)50(31,56)68/h2-3H2,1H3/t44-,45+,46?,47?,48?,49?,50?,51?,52?,53?,54?,55?,56?,57?,58?,59?,60?,61?,62?,63?/m1/s1. The lowest BCUT2D eigenvalue weighted by Gasteiger charge is -2.68. The summed E-state index contributed by atoms with van der Waals surface area (Å²) < 4.78 is 391. The lowest BCUT2D eigenvalue weighted by Crippen LogP contribution is -2.86. The van der Waals surface area contributed by atoms with Crippen LogP contribution in [0.1, 0.15) is 111 Å². The van der Waals surface area contributed by atoms with E-state index in [-0.39, 0.29) is 75.8 Å². The van der Waals surface area contributed by atoms with E-state index in [1.165, 1.54) is 7.05 Å². The molecule has 82 heavy (non-hydrogen) atoms. The van der Waals surface area contributed by atoms with Crippen LogP contribution in [-0.2, 0) is 90.2 Å². The van der Waals surface area contributed by atoms with E-state index >= 15 is 79.0 Å². The third kappa shape index (κ3) is 1.53. The molecule has 0 amide bonds. The molecule has 21 aliphatic carbocycles. The highest BCUT2D eigenvalue weighted by molar-refractivity contribution is 6.61. The molecule has 11 aromatic rings. The molecule has 33 rings (SSSR count). The molecule has 1 nitrogen and oxygen atoms in total. The van der Waals surface area contributed by atoms with Crippen molar-refractivity contribution in [1.29, 1.82) is 0 Å². The zero-order chi connectivity index (χ0) is 54.1. The van der Waals surface area contributed by atoms with E-state index in [2.05, 4.69) is 0 Å². The van der Waals surface area contributed by atoms with E-state index in [9.17, 15) is 0 Å². The number of rotatable bonds is 0. The summed E-state index contributed by atoms with van der Waals surface area (Å²) in [7, 11) is 1.51. The van der Waals surface area contributed by atoms with Crippen LogP contribution in [-0.4, -0.2) is 47.7 Å². The van der Waals surface area contributed by atoms with Gasteiger partial charge in [-0.15, -0.1) is 0 Å². The summed E-state index contributed by atoms with van der Waals surface area (Å²) in [4.78, 5) is 1.58. The second-order valence-electron chi connectivity index (χ2n) is 29.8. The topological polar surface area (TPSA) is 3.24 Å². The van der Waals surface area contributed by atoms with Gasteiger partial charge in [0, 0.05) is 113 Å². The molecule has 1 fully saturated rings. The van der Waals surface area contributed by atoms with Gasteiger partial charge in [0.1, 0.15) is 0 Å². The predicted octanol–water partition coefficient (Wildman–Crippen LogP) is 13.6. The predicted molar refractivity (Wildman–Crippen MR) is 246 cm³/mol. The van der Waals surface area contributed by atoms with Crippen molar-refractivity contribution < 1.29 is 79.0 Å². The highest BCUT2D eigenvalue weighted by Crippen LogP contribution is 3.08. The number of likely N-dealkylation sites (tertiary alicyclic amines) is 1. The van der Waals surface area contributed by atoms with Crippen LogP contribution in [0, 0.1) is 0 Å². The highest BCUT2D eigenvalue weighted by Gasteiger charge is 3.19. The van der Waals surface area contributed by atoms with Crippen LogP contribution in [0.25, 0.3) is 103 Å². The smallest absolute Gasteiger partial charge is 0.236 e. The Morgan fingerprint density at radius 2 is 0.524 bits per heavy atom. The molecule has 1 heterocycles. The normalized spacial score (nSPS) is 58.0. The Labute approximate surface area is 435 Å². The van der Waals surface area contributed by atoms with Gasteiger partial charge in [-0.05, 0) is 132 Å².